The number of hydrogen-bond acceptors (Lipinski definition) is 5. The summed E-state index contributed by atoms with van der Waals surface area (Å²) in [5.74, 6) is -0.201. The second-order valence-electron chi connectivity index (χ2n) is 8.07. The van der Waals surface area contributed by atoms with Gasteiger partial charge in [-0.2, -0.15) is 13.2 Å². The average Bonchev–Trinajstić information content (AvgIpc) is 3.13. The highest BCUT2D eigenvalue weighted by atomic mass is 35.5. The summed E-state index contributed by atoms with van der Waals surface area (Å²) < 4.78 is 40.0. The van der Waals surface area contributed by atoms with Gasteiger partial charge in [0.15, 0.2) is 5.84 Å². The molecule has 2 saturated heterocycles. The van der Waals surface area contributed by atoms with Crippen molar-refractivity contribution in [2.45, 2.75) is 43.7 Å². The van der Waals surface area contributed by atoms with Crippen LogP contribution in [-0.4, -0.2) is 51.4 Å². The molecule has 0 radical (unpaired) electrons. The molecular formula is C21H18Cl2F3N5O. The maximum absolute atomic E-state index is 13.5. The van der Waals surface area contributed by atoms with Gasteiger partial charge in [-0.1, -0.05) is 35.7 Å². The van der Waals surface area contributed by atoms with Crippen molar-refractivity contribution in [1.82, 2.24) is 20.2 Å². The van der Waals surface area contributed by atoms with Gasteiger partial charge in [0.05, 0.1) is 21.2 Å². The molecule has 4 heterocycles. The standard InChI is InChI=1S/C21H18Cl2F3N5O/c22-11-7-8-15(27-9-11)18-29-31(19-16-6-1-3-12(28-16)10-30(18)19)20(32)13-4-2-5-14(17(13)23)21(24,25)26/h2,4-5,7-9,12,16,19,28H,1,3,6,10H2. The fourth-order valence-corrected chi connectivity index (χ4v) is 5.07. The molecule has 2 fully saturated rings. The number of nitrogens with one attached hydrogen (secondary N) is 1. The monoisotopic (exact) mass is 483 g/mol. The summed E-state index contributed by atoms with van der Waals surface area (Å²) in [7, 11) is 0. The first-order valence-corrected chi connectivity index (χ1v) is 10.9. The van der Waals surface area contributed by atoms with E-state index in [2.05, 4.69) is 15.4 Å². The van der Waals surface area contributed by atoms with Crippen LogP contribution >= 0.6 is 23.2 Å². The fraction of sp³-hybridized carbons (Fsp3) is 0.381. The number of piperidine rings is 1. The van der Waals surface area contributed by atoms with Gasteiger partial charge in [-0.05, 0) is 37.1 Å². The Labute approximate surface area is 192 Å². The van der Waals surface area contributed by atoms with Gasteiger partial charge in [-0.25, -0.2) is 5.01 Å². The summed E-state index contributed by atoms with van der Waals surface area (Å²) >= 11 is 12.0. The molecule has 1 N–H and O–H groups in total. The summed E-state index contributed by atoms with van der Waals surface area (Å²) in [4.78, 5) is 19.8. The van der Waals surface area contributed by atoms with Crippen molar-refractivity contribution in [3.63, 3.8) is 0 Å². The minimum Gasteiger partial charge on any atom is -0.328 e. The lowest BCUT2D eigenvalue weighted by Gasteiger charge is -2.47. The van der Waals surface area contributed by atoms with Crippen molar-refractivity contribution < 1.29 is 18.0 Å². The van der Waals surface area contributed by atoms with E-state index < -0.39 is 28.8 Å². The summed E-state index contributed by atoms with van der Waals surface area (Å²) in [5, 5.41) is 9.15. The number of benzene rings is 1. The van der Waals surface area contributed by atoms with Crippen LogP contribution in [0.3, 0.4) is 0 Å². The Balaban J connectivity index is 1.57. The molecule has 1 aromatic heterocycles. The number of nitrogens with zero attached hydrogens (tertiary/aromatic N) is 4. The number of aromatic nitrogens is 1. The van der Waals surface area contributed by atoms with Crippen LogP contribution in [0.4, 0.5) is 13.2 Å². The lowest BCUT2D eigenvalue weighted by Crippen LogP contribution is -2.67. The largest absolute Gasteiger partial charge is 0.417 e. The number of halogens is 5. The summed E-state index contributed by atoms with van der Waals surface area (Å²) in [6, 6.07) is 6.87. The highest BCUT2D eigenvalue weighted by Crippen LogP contribution is 2.38. The Kier molecular flexibility index (Phi) is 5.30. The topological polar surface area (TPSA) is 60.8 Å². The van der Waals surface area contributed by atoms with E-state index in [9.17, 15) is 18.0 Å². The first-order valence-electron chi connectivity index (χ1n) is 10.2. The Bertz CT molecular complexity index is 1090. The molecule has 6 nitrogen and oxygen atoms in total. The molecule has 168 valence electrons. The Hall–Kier alpha value is -2.36. The minimum absolute atomic E-state index is 0.0791. The van der Waals surface area contributed by atoms with E-state index in [4.69, 9.17) is 23.2 Å². The number of hydrazone groups is 1. The molecule has 3 unspecified atom stereocenters. The Morgan fingerprint density at radius 1 is 1.16 bits per heavy atom. The van der Waals surface area contributed by atoms with Gasteiger partial charge in [-0.15, -0.1) is 5.10 Å². The number of pyridine rings is 1. The van der Waals surface area contributed by atoms with Gasteiger partial charge in [0, 0.05) is 24.8 Å². The first kappa shape index (κ1) is 21.5. The molecular weight excluding hydrogens is 466 g/mol. The molecule has 3 aliphatic rings. The number of amidine groups is 1. The van der Waals surface area contributed by atoms with Gasteiger partial charge in [0.2, 0.25) is 0 Å². The quantitative estimate of drug-likeness (QED) is 0.688. The van der Waals surface area contributed by atoms with Crippen LogP contribution in [0.5, 0.6) is 0 Å². The molecule has 2 bridgehead atoms. The number of hydrogen-bond donors (Lipinski definition) is 1. The number of fused-ring (bicyclic) bond motifs is 4. The third kappa shape index (κ3) is 3.62. The van der Waals surface area contributed by atoms with Crippen molar-refractivity contribution in [3.8, 4) is 0 Å². The van der Waals surface area contributed by atoms with Crippen molar-refractivity contribution in [2.75, 3.05) is 6.54 Å². The van der Waals surface area contributed by atoms with Crippen LogP contribution in [-0.2, 0) is 6.18 Å². The van der Waals surface area contributed by atoms with Crippen LogP contribution in [0.25, 0.3) is 0 Å². The molecule has 11 heteroatoms. The van der Waals surface area contributed by atoms with E-state index in [0.717, 1.165) is 25.3 Å². The number of carbonyl (C=O) groups excluding carboxylic acids is 1. The van der Waals surface area contributed by atoms with E-state index in [1.54, 1.807) is 12.1 Å². The SMILES string of the molecule is O=C(c1cccc(C(F)(F)F)c1Cl)N1N=C(c2ccc(Cl)cn2)N2CC3CCCC(N3)C21. The van der Waals surface area contributed by atoms with Crippen LogP contribution in [0.1, 0.15) is 40.9 Å². The molecule has 5 rings (SSSR count). The smallest absolute Gasteiger partial charge is 0.328 e. The average molecular weight is 484 g/mol. The number of piperazine rings is 1. The van der Waals surface area contributed by atoms with E-state index in [-0.39, 0.29) is 17.6 Å². The van der Waals surface area contributed by atoms with E-state index in [1.165, 1.54) is 23.3 Å². The van der Waals surface area contributed by atoms with E-state index >= 15 is 0 Å². The summed E-state index contributed by atoms with van der Waals surface area (Å²) in [6.45, 7) is 0.602. The lowest BCUT2D eigenvalue weighted by molar-refractivity contribution is -0.137. The molecule has 32 heavy (non-hydrogen) atoms. The van der Waals surface area contributed by atoms with Crippen molar-refractivity contribution >= 4 is 34.9 Å². The van der Waals surface area contributed by atoms with E-state index in [0.29, 0.717) is 23.1 Å². The molecule has 2 aromatic rings. The Morgan fingerprint density at radius 3 is 2.69 bits per heavy atom. The predicted molar refractivity (Wildman–Crippen MR) is 113 cm³/mol. The number of carbonyl (C=O) groups is 1. The van der Waals surface area contributed by atoms with Gasteiger partial charge in [0.25, 0.3) is 5.91 Å². The number of rotatable bonds is 2. The molecule has 1 amide bonds. The number of amides is 1. The third-order valence-corrected chi connectivity index (χ3v) is 6.67. The van der Waals surface area contributed by atoms with Crippen LogP contribution in [0.2, 0.25) is 10.0 Å². The Morgan fingerprint density at radius 2 is 1.97 bits per heavy atom. The maximum Gasteiger partial charge on any atom is 0.417 e. The van der Waals surface area contributed by atoms with Crippen molar-refractivity contribution in [1.29, 1.82) is 0 Å². The highest BCUT2D eigenvalue weighted by molar-refractivity contribution is 6.34. The van der Waals surface area contributed by atoms with Crippen LogP contribution in [0.15, 0.2) is 41.6 Å². The molecule has 3 atom stereocenters. The molecule has 3 aliphatic heterocycles. The zero-order valence-electron chi connectivity index (χ0n) is 16.6. The van der Waals surface area contributed by atoms with Gasteiger partial charge in [0.1, 0.15) is 11.9 Å². The van der Waals surface area contributed by atoms with Gasteiger partial charge >= 0.3 is 6.18 Å². The third-order valence-electron chi connectivity index (χ3n) is 6.04. The molecule has 1 aromatic carbocycles. The molecule has 0 saturated carbocycles. The minimum atomic E-state index is -4.67. The molecule has 0 spiro atoms. The highest BCUT2D eigenvalue weighted by Gasteiger charge is 2.49. The maximum atomic E-state index is 13.5. The fourth-order valence-electron chi connectivity index (χ4n) is 4.64. The predicted octanol–water partition coefficient (Wildman–Crippen LogP) is 4.38. The van der Waals surface area contributed by atoms with E-state index in [1.807, 2.05) is 4.90 Å². The first-order chi connectivity index (χ1) is 15.2. The second-order valence-corrected chi connectivity index (χ2v) is 8.88. The number of alkyl halides is 3. The second kappa shape index (κ2) is 7.90. The normalized spacial score (nSPS) is 24.9. The van der Waals surface area contributed by atoms with Crippen LogP contribution < -0.4 is 5.32 Å². The van der Waals surface area contributed by atoms with Crippen molar-refractivity contribution in [2.24, 2.45) is 5.10 Å². The van der Waals surface area contributed by atoms with Gasteiger partial charge in [-0.3, -0.25) is 9.78 Å². The zero-order chi connectivity index (χ0) is 22.6. The van der Waals surface area contributed by atoms with Crippen LogP contribution in [0, 0.1) is 0 Å². The lowest BCUT2D eigenvalue weighted by atomic mass is 9.91. The van der Waals surface area contributed by atoms with Crippen molar-refractivity contribution in [3.05, 3.63) is 63.4 Å². The van der Waals surface area contributed by atoms with Gasteiger partial charge < -0.3 is 10.2 Å². The summed E-state index contributed by atoms with van der Waals surface area (Å²) in [5.41, 5.74) is -0.762. The zero-order valence-corrected chi connectivity index (χ0v) is 18.1. The summed E-state index contributed by atoms with van der Waals surface area (Å²) in [6.07, 6.45) is -0.866. The molecule has 0 aliphatic carbocycles.